The number of hydrogen-bond donors (Lipinski definition) is 1. The summed E-state index contributed by atoms with van der Waals surface area (Å²) in [7, 11) is 0. The van der Waals surface area contributed by atoms with Crippen molar-refractivity contribution in [3.8, 4) is 0 Å². The predicted molar refractivity (Wildman–Crippen MR) is 79.7 cm³/mol. The molecule has 0 radical (unpaired) electrons. The van der Waals surface area contributed by atoms with Crippen molar-refractivity contribution < 1.29 is 9.90 Å². The smallest absolute Gasteiger partial charge is 0.160 e. The molecule has 3 heteroatoms. The molecule has 0 unspecified atom stereocenters. The molecule has 0 amide bonds. The minimum Gasteiger partial charge on any atom is -0.396 e. The molecule has 1 aromatic carbocycles. The molecule has 0 saturated heterocycles. The molecule has 2 nitrogen and oxygen atoms in total. The summed E-state index contributed by atoms with van der Waals surface area (Å²) in [4.78, 5) is 12.8. The summed E-state index contributed by atoms with van der Waals surface area (Å²) in [6.07, 6.45) is 3.52. The summed E-state index contributed by atoms with van der Waals surface area (Å²) < 4.78 is 0. The Kier molecular flexibility index (Phi) is 4.66. The Morgan fingerprint density at radius 3 is 2.63 bits per heavy atom. The van der Waals surface area contributed by atoms with Crippen LogP contribution in [-0.4, -0.2) is 18.0 Å². The standard InChI is InChI=1S/C16H16O2S/c1-12-16(10-14(11-18)19-12)15(8-5-9-17)13-6-3-2-4-7-13/h2-4,6-8,10-11,17H,5,9H2,1H3. The van der Waals surface area contributed by atoms with Gasteiger partial charge >= 0.3 is 0 Å². The SMILES string of the molecule is Cc1sc(C=O)cc1C(=CCCO)c1ccccc1. The molecule has 1 heterocycles. The van der Waals surface area contributed by atoms with Gasteiger partial charge in [-0.1, -0.05) is 36.4 Å². The van der Waals surface area contributed by atoms with E-state index in [0.717, 1.165) is 32.7 Å². The second kappa shape index (κ2) is 6.45. The van der Waals surface area contributed by atoms with Crippen molar-refractivity contribution >= 4 is 23.2 Å². The van der Waals surface area contributed by atoms with E-state index in [-0.39, 0.29) is 6.61 Å². The lowest BCUT2D eigenvalue weighted by molar-refractivity contribution is 0.112. The molecule has 19 heavy (non-hydrogen) atoms. The van der Waals surface area contributed by atoms with Gasteiger partial charge < -0.3 is 5.11 Å². The fourth-order valence-electron chi connectivity index (χ4n) is 2.04. The van der Waals surface area contributed by atoms with Crippen LogP contribution in [0.1, 0.15) is 32.1 Å². The molecule has 0 fully saturated rings. The minimum absolute atomic E-state index is 0.125. The van der Waals surface area contributed by atoms with E-state index in [1.54, 1.807) is 0 Å². The maximum atomic E-state index is 10.9. The molecular weight excluding hydrogens is 256 g/mol. The maximum Gasteiger partial charge on any atom is 0.160 e. The predicted octanol–water partition coefficient (Wildman–Crippen LogP) is 3.68. The summed E-state index contributed by atoms with van der Waals surface area (Å²) in [6, 6.07) is 12.0. The van der Waals surface area contributed by atoms with Crippen molar-refractivity contribution in [3.63, 3.8) is 0 Å². The topological polar surface area (TPSA) is 37.3 Å². The molecule has 0 aliphatic heterocycles. The van der Waals surface area contributed by atoms with Crippen molar-refractivity contribution in [1.82, 2.24) is 0 Å². The summed E-state index contributed by atoms with van der Waals surface area (Å²) >= 11 is 1.50. The monoisotopic (exact) mass is 272 g/mol. The van der Waals surface area contributed by atoms with E-state index in [2.05, 4.69) is 0 Å². The molecular formula is C16H16O2S. The number of benzene rings is 1. The highest BCUT2D eigenvalue weighted by molar-refractivity contribution is 7.13. The van der Waals surface area contributed by atoms with Crippen LogP contribution in [0.5, 0.6) is 0 Å². The van der Waals surface area contributed by atoms with Gasteiger partial charge in [0.25, 0.3) is 0 Å². The molecule has 0 aliphatic rings. The third-order valence-electron chi connectivity index (χ3n) is 2.91. The van der Waals surface area contributed by atoms with E-state index in [1.165, 1.54) is 11.3 Å². The fourth-order valence-corrected chi connectivity index (χ4v) is 2.90. The van der Waals surface area contributed by atoms with Crippen molar-refractivity contribution in [3.05, 3.63) is 63.4 Å². The van der Waals surface area contributed by atoms with Gasteiger partial charge in [0.05, 0.1) is 4.88 Å². The van der Waals surface area contributed by atoms with Crippen LogP contribution in [0.15, 0.2) is 42.5 Å². The number of aliphatic hydroxyl groups excluding tert-OH is 1. The van der Waals surface area contributed by atoms with Gasteiger partial charge in [-0.25, -0.2) is 0 Å². The van der Waals surface area contributed by atoms with E-state index >= 15 is 0 Å². The van der Waals surface area contributed by atoms with Gasteiger partial charge in [0.2, 0.25) is 0 Å². The van der Waals surface area contributed by atoms with Crippen LogP contribution in [0.3, 0.4) is 0 Å². The van der Waals surface area contributed by atoms with Gasteiger partial charge in [0, 0.05) is 11.5 Å². The molecule has 0 bridgehead atoms. The van der Waals surface area contributed by atoms with Crippen LogP contribution in [0, 0.1) is 6.92 Å². The number of carbonyl (C=O) groups is 1. The zero-order valence-electron chi connectivity index (χ0n) is 10.8. The van der Waals surface area contributed by atoms with Crippen molar-refractivity contribution in [1.29, 1.82) is 0 Å². The summed E-state index contributed by atoms with van der Waals surface area (Å²) in [5, 5.41) is 9.03. The number of thiophene rings is 1. The van der Waals surface area contributed by atoms with Crippen molar-refractivity contribution in [2.24, 2.45) is 0 Å². The largest absolute Gasteiger partial charge is 0.396 e. The number of carbonyl (C=O) groups excluding carboxylic acids is 1. The van der Waals surface area contributed by atoms with Gasteiger partial charge in [-0.2, -0.15) is 0 Å². The lowest BCUT2D eigenvalue weighted by Gasteiger charge is -2.07. The second-order valence-corrected chi connectivity index (χ2v) is 5.52. The van der Waals surface area contributed by atoms with Crippen LogP contribution < -0.4 is 0 Å². The van der Waals surface area contributed by atoms with Gasteiger partial charge in [0.15, 0.2) is 6.29 Å². The zero-order chi connectivity index (χ0) is 13.7. The van der Waals surface area contributed by atoms with Crippen molar-refractivity contribution in [2.45, 2.75) is 13.3 Å². The first-order valence-corrected chi connectivity index (χ1v) is 7.00. The molecule has 0 saturated carbocycles. The molecule has 1 N–H and O–H groups in total. The van der Waals surface area contributed by atoms with E-state index in [4.69, 9.17) is 5.11 Å². The first-order chi connectivity index (χ1) is 9.26. The fraction of sp³-hybridized carbons (Fsp3) is 0.188. The molecule has 2 rings (SSSR count). The Bertz CT molecular complexity index is 582. The van der Waals surface area contributed by atoms with E-state index in [9.17, 15) is 4.79 Å². The quantitative estimate of drug-likeness (QED) is 0.843. The van der Waals surface area contributed by atoms with Gasteiger partial charge in [-0.3, -0.25) is 4.79 Å². The van der Waals surface area contributed by atoms with Crippen LogP contribution in [0.4, 0.5) is 0 Å². The highest BCUT2D eigenvalue weighted by atomic mass is 32.1. The molecule has 1 aromatic heterocycles. The Morgan fingerprint density at radius 2 is 2.05 bits per heavy atom. The van der Waals surface area contributed by atoms with E-state index < -0.39 is 0 Å². The Morgan fingerprint density at radius 1 is 1.32 bits per heavy atom. The van der Waals surface area contributed by atoms with Gasteiger partial charge in [-0.15, -0.1) is 11.3 Å². The molecule has 0 atom stereocenters. The summed E-state index contributed by atoms with van der Waals surface area (Å²) in [5.41, 5.74) is 3.26. The van der Waals surface area contributed by atoms with E-state index in [0.29, 0.717) is 6.42 Å². The van der Waals surface area contributed by atoms with Gasteiger partial charge in [-0.05, 0) is 36.1 Å². The van der Waals surface area contributed by atoms with Crippen molar-refractivity contribution in [2.75, 3.05) is 6.61 Å². The molecule has 2 aromatic rings. The van der Waals surface area contributed by atoms with Crippen LogP contribution in [0.25, 0.3) is 5.57 Å². The average Bonchev–Trinajstić information content (AvgIpc) is 2.82. The number of aldehydes is 1. The molecule has 0 spiro atoms. The van der Waals surface area contributed by atoms with Gasteiger partial charge in [0.1, 0.15) is 0 Å². The number of rotatable bonds is 5. The maximum absolute atomic E-state index is 10.9. The molecule has 0 aliphatic carbocycles. The molecule has 98 valence electrons. The highest BCUT2D eigenvalue weighted by Crippen LogP contribution is 2.31. The number of hydrogen-bond acceptors (Lipinski definition) is 3. The average molecular weight is 272 g/mol. The number of aryl methyl sites for hydroxylation is 1. The zero-order valence-corrected chi connectivity index (χ0v) is 11.6. The lowest BCUT2D eigenvalue weighted by atomic mass is 9.97. The Balaban J connectivity index is 2.49. The summed E-state index contributed by atoms with van der Waals surface area (Å²) in [5.74, 6) is 0. The Hall–Kier alpha value is -1.71. The van der Waals surface area contributed by atoms with Crippen LogP contribution in [0.2, 0.25) is 0 Å². The minimum atomic E-state index is 0.125. The first kappa shape index (κ1) is 13.7. The highest BCUT2D eigenvalue weighted by Gasteiger charge is 2.11. The van der Waals surface area contributed by atoms with Crippen LogP contribution in [-0.2, 0) is 0 Å². The summed E-state index contributed by atoms with van der Waals surface area (Å²) in [6.45, 7) is 2.14. The van der Waals surface area contributed by atoms with Crippen LogP contribution >= 0.6 is 11.3 Å². The Labute approximate surface area is 117 Å². The lowest BCUT2D eigenvalue weighted by Crippen LogP contribution is -1.89. The second-order valence-electron chi connectivity index (χ2n) is 4.23. The third kappa shape index (κ3) is 3.19. The third-order valence-corrected chi connectivity index (χ3v) is 3.88. The number of aliphatic hydroxyl groups is 1. The van der Waals surface area contributed by atoms with E-state index in [1.807, 2.05) is 49.4 Å². The normalized spacial score (nSPS) is 11.6. The first-order valence-electron chi connectivity index (χ1n) is 6.18.